The lowest BCUT2D eigenvalue weighted by molar-refractivity contribution is -0.141. The van der Waals surface area contributed by atoms with E-state index in [0.717, 1.165) is 25.7 Å². The van der Waals surface area contributed by atoms with E-state index in [2.05, 4.69) is 12.4 Å². The number of hydrogen-bond acceptors (Lipinski definition) is 2. The lowest BCUT2D eigenvalue weighted by Gasteiger charge is -2.46. The first-order valence-electron chi connectivity index (χ1n) is 5.10. The van der Waals surface area contributed by atoms with E-state index in [4.69, 9.17) is 4.74 Å². The van der Waals surface area contributed by atoms with Gasteiger partial charge >= 0.3 is 0 Å². The molecule has 70 valence electrons. The Morgan fingerprint density at radius 3 is 2.42 bits per heavy atom. The maximum Gasteiger partial charge on any atom is 0.0559 e. The van der Waals surface area contributed by atoms with Gasteiger partial charge < -0.3 is 10.1 Å². The zero-order chi connectivity index (χ0) is 8.44. The van der Waals surface area contributed by atoms with E-state index >= 15 is 0 Å². The Bertz CT molecular complexity index is 148. The maximum atomic E-state index is 5.36. The largest absolute Gasteiger partial charge is 0.380 e. The Kier molecular flexibility index (Phi) is 2.37. The average molecular weight is 169 g/mol. The summed E-state index contributed by atoms with van der Waals surface area (Å²) in [5.74, 6) is 0.943. The van der Waals surface area contributed by atoms with Crippen LogP contribution in [0.15, 0.2) is 0 Å². The van der Waals surface area contributed by atoms with Crippen molar-refractivity contribution in [1.29, 1.82) is 0 Å². The van der Waals surface area contributed by atoms with Crippen LogP contribution in [0.5, 0.6) is 0 Å². The molecule has 2 nitrogen and oxygen atoms in total. The fourth-order valence-electron chi connectivity index (χ4n) is 2.74. The summed E-state index contributed by atoms with van der Waals surface area (Å²) in [5.41, 5.74) is 0.519. The molecule has 0 aromatic heterocycles. The van der Waals surface area contributed by atoms with Crippen LogP contribution in [0.1, 0.15) is 25.7 Å². The molecule has 2 heteroatoms. The molecule has 0 aromatic rings. The third kappa shape index (κ3) is 1.27. The highest BCUT2D eigenvalue weighted by Gasteiger charge is 2.45. The second kappa shape index (κ2) is 3.35. The second-order valence-corrected chi connectivity index (χ2v) is 4.37. The molecule has 1 heterocycles. The smallest absolute Gasteiger partial charge is 0.0559 e. The molecule has 0 unspecified atom stereocenters. The molecule has 1 aliphatic heterocycles. The highest BCUT2D eigenvalue weighted by Crippen LogP contribution is 2.44. The van der Waals surface area contributed by atoms with Crippen molar-refractivity contribution in [3.05, 3.63) is 0 Å². The van der Waals surface area contributed by atoms with Crippen molar-refractivity contribution in [3.8, 4) is 0 Å². The predicted molar refractivity (Wildman–Crippen MR) is 49.1 cm³/mol. The van der Waals surface area contributed by atoms with Crippen LogP contribution in [-0.2, 0) is 4.74 Å². The Hall–Kier alpha value is -0.0800. The molecular weight excluding hydrogens is 150 g/mol. The van der Waals surface area contributed by atoms with Gasteiger partial charge in [-0.2, -0.15) is 0 Å². The van der Waals surface area contributed by atoms with E-state index < -0.39 is 0 Å². The summed E-state index contributed by atoms with van der Waals surface area (Å²) in [7, 11) is 2.05. The fraction of sp³-hybridized carbons (Fsp3) is 1.00. The van der Waals surface area contributed by atoms with E-state index in [0.29, 0.717) is 5.41 Å². The Balaban J connectivity index is 1.95. The van der Waals surface area contributed by atoms with Crippen LogP contribution in [-0.4, -0.2) is 26.8 Å². The van der Waals surface area contributed by atoms with Crippen LogP contribution in [0.3, 0.4) is 0 Å². The van der Waals surface area contributed by atoms with Gasteiger partial charge in [-0.25, -0.2) is 0 Å². The van der Waals surface area contributed by atoms with Gasteiger partial charge in [-0.1, -0.05) is 12.8 Å². The first-order chi connectivity index (χ1) is 5.87. The minimum atomic E-state index is 0.519. The van der Waals surface area contributed by atoms with Crippen molar-refractivity contribution in [1.82, 2.24) is 5.32 Å². The summed E-state index contributed by atoms with van der Waals surface area (Å²) in [6, 6.07) is 0. The molecule has 2 fully saturated rings. The van der Waals surface area contributed by atoms with Crippen LogP contribution < -0.4 is 5.32 Å². The summed E-state index contributed by atoms with van der Waals surface area (Å²) in [6.07, 6.45) is 5.75. The van der Waals surface area contributed by atoms with E-state index in [1.807, 2.05) is 0 Å². The van der Waals surface area contributed by atoms with Crippen LogP contribution in [0.4, 0.5) is 0 Å². The van der Waals surface area contributed by atoms with Gasteiger partial charge in [0.05, 0.1) is 13.2 Å². The normalized spacial score (nSPS) is 28.8. The standard InChI is InChI=1S/C10H19NO/c1-11-6-10(7-12-8-10)9-4-2-3-5-9/h9,11H,2-8H2,1H3. The molecule has 0 amide bonds. The molecule has 1 aliphatic carbocycles. The number of ether oxygens (including phenoxy) is 1. The summed E-state index contributed by atoms with van der Waals surface area (Å²) in [5, 5.41) is 3.31. The molecule has 1 saturated carbocycles. The van der Waals surface area contributed by atoms with E-state index in [9.17, 15) is 0 Å². The monoisotopic (exact) mass is 169 g/mol. The Morgan fingerprint density at radius 2 is 2.00 bits per heavy atom. The van der Waals surface area contributed by atoms with Gasteiger partial charge in [-0.05, 0) is 25.8 Å². The van der Waals surface area contributed by atoms with Gasteiger partial charge in [0.25, 0.3) is 0 Å². The lowest BCUT2D eigenvalue weighted by atomic mass is 9.72. The molecule has 1 N–H and O–H groups in total. The van der Waals surface area contributed by atoms with Gasteiger partial charge in [0.1, 0.15) is 0 Å². The fourth-order valence-corrected chi connectivity index (χ4v) is 2.74. The lowest BCUT2D eigenvalue weighted by Crippen LogP contribution is -2.53. The van der Waals surface area contributed by atoms with Crippen molar-refractivity contribution in [2.45, 2.75) is 25.7 Å². The van der Waals surface area contributed by atoms with Gasteiger partial charge in [0, 0.05) is 12.0 Å². The molecular formula is C10H19NO. The highest BCUT2D eigenvalue weighted by molar-refractivity contribution is 4.95. The molecule has 12 heavy (non-hydrogen) atoms. The molecule has 2 rings (SSSR count). The van der Waals surface area contributed by atoms with Crippen LogP contribution in [0.25, 0.3) is 0 Å². The molecule has 0 atom stereocenters. The number of nitrogens with one attached hydrogen (secondary N) is 1. The molecule has 0 aromatic carbocycles. The maximum absolute atomic E-state index is 5.36. The van der Waals surface area contributed by atoms with E-state index in [1.54, 1.807) is 0 Å². The van der Waals surface area contributed by atoms with Crippen LogP contribution in [0.2, 0.25) is 0 Å². The first-order valence-corrected chi connectivity index (χ1v) is 5.10. The van der Waals surface area contributed by atoms with Gasteiger partial charge in [0.15, 0.2) is 0 Å². The van der Waals surface area contributed by atoms with Gasteiger partial charge in [0.2, 0.25) is 0 Å². The van der Waals surface area contributed by atoms with Crippen LogP contribution >= 0.6 is 0 Å². The topological polar surface area (TPSA) is 21.3 Å². The number of rotatable bonds is 3. The molecule has 0 radical (unpaired) electrons. The van der Waals surface area contributed by atoms with Gasteiger partial charge in [-0.15, -0.1) is 0 Å². The minimum absolute atomic E-state index is 0.519. The Morgan fingerprint density at radius 1 is 1.33 bits per heavy atom. The molecule has 2 aliphatic rings. The predicted octanol–water partition coefficient (Wildman–Crippen LogP) is 1.41. The third-order valence-electron chi connectivity index (χ3n) is 3.53. The summed E-state index contributed by atoms with van der Waals surface area (Å²) < 4.78 is 5.36. The third-order valence-corrected chi connectivity index (χ3v) is 3.53. The second-order valence-electron chi connectivity index (χ2n) is 4.37. The van der Waals surface area contributed by atoms with Crippen molar-refractivity contribution < 1.29 is 4.74 Å². The van der Waals surface area contributed by atoms with Crippen molar-refractivity contribution in [3.63, 3.8) is 0 Å². The summed E-state index contributed by atoms with van der Waals surface area (Å²) in [4.78, 5) is 0. The highest BCUT2D eigenvalue weighted by atomic mass is 16.5. The van der Waals surface area contributed by atoms with Crippen molar-refractivity contribution in [2.24, 2.45) is 11.3 Å². The van der Waals surface area contributed by atoms with Crippen molar-refractivity contribution in [2.75, 3.05) is 26.8 Å². The van der Waals surface area contributed by atoms with E-state index in [-0.39, 0.29) is 0 Å². The quantitative estimate of drug-likeness (QED) is 0.689. The summed E-state index contributed by atoms with van der Waals surface area (Å²) >= 11 is 0. The van der Waals surface area contributed by atoms with Crippen LogP contribution in [0, 0.1) is 11.3 Å². The Labute approximate surface area is 74.7 Å². The van der Waals surface area contributed by atoms with Crippen molar-refractivity contribution >= 4 is 0 Å². The SMILES string of the molecule is CNCC1(C2CCCC2)COC1. The molecule has 0 spiro atoms. The zero-order valence-electron chi connectivity index (χ0n) is 7.94. The molecule has 0 bridgehead atoms. The summed E-state index contributed by atoms with van der Waals surface area (Å²) in [6.45, 7) is 3.15. The minimum Gasteiger partial charge on any atom is -0.380 e. The first kappa shape index (κ1) is 8.52. The molecule has 1 saturated heterocycles. The average Bonchev–Trinajstić information content (AvgIpc) is 2.48. The van der Waals surface area contributed by atoms with Gasteiger partial charge in [-0.3, -0.25) is 0 Å². The van der Waals surface area contributed by atoms with E-state index in [1.165, 1.54) is 25.7 Å². The number of hydrogen-bond donors (Lipinski definition) is 1. The zero-order valence-corrected chi connectivity index (χ0v) is 7.94.